The molecule has 0 spiro atoms. The van der Waals surface area contributed by atoms with Crippen LogP contribution in [0.5, 0.6) is 5.75 Å². The molecule has 0 atom stereocenters. The summed E-state index contributed by atoms with van der Waals surface area (Å²) in [4.78, 5) is 21.3. The number of nitrogens with one attached hydrogen (secondary N) is 2. The number of rotatable bonds is 6. The quantitative estimate of drug-likeness (QED) is 0.466. The molecule has 8 nitrogen and oxygen atoms in total. The first kappa shape index (κ1) is 22.6. The second-order valence-electron chi connectivity index (χ2n) is 8.72. The Hall–Kier alpha value is -3.14. The number of nitrogens with two attached hydrogens (primary N) is 1. The highest BCUT2D eigenvalue weighted by atomic mass is 32.1. The third kappa shape index (κ3) is 5.01. The Kier molecular flexibility index (Phi) is 6.66. The van der Waals surface area contributed by atoms with Gasteiger partial charge < -0.3 is 20.5 Å². The van der Waals surface area contributed by atoms with Gasteiger partial charge in [-0.05, 0) is 49.2 Å². The Bertz CT molecular complexity index is 1140. The van der Waals surface area contributed by atoms with E-state index in [1.54, 1.807) is 12.1 Å². The van der Waals surface area contributed by atoms with Crippen LogP contribution >= 0.6 is 11.3 Å². The largest absolute Gasteiger partial charge is 0.508 e. The molecule has 5 rings (SSSR count). The molecule has 1 aromatic heterocycles. The molecule has 3 heterocycles. The maximum absolute atomic E-state index is 12.8. The smallest absolute Gasteiger partial charge is 0.283 e. The number of H-pyrrole nitrogens is 1. The van der Waals surface area contributed by atoms with E-state index in [1.807, 2.05) is 12.1 Å². The highest BCUT2D eigenvalue weighted by molar-refractivity contribution is 7.17. The van der Waals surface area contributed by atoms with Crippen LogP contribution in [0.15, 0.2) is 48.5 Å². The Morgan fingerprint density at radius 2 is 1.82 bits per heavy atom. The lowest BCUT2D eigenvalue weighted by Crippen LogP contribution is -2.49. The standard InChI is InChI=1S/C25H29N5O3S/c26-24-23(22(32)17-2-1-3-21(31)16-17)34-25(28-24)27-18-4-6-19(7-5-18)29-10-8-20(9-11-29)30-12-14-33-15-13-30/h1-7,16,20,31H,8-15,26H2,(H,27,28)/p+1. The molecule has 2 fully saturated rings. The zero-order chi connectivity index (χ0) is 23.5. The fraction of sp³-hybridized carbons (Fsp3) is 0.360. The van der Waals surface area contributed by atoms with E-state index in [0.717, 1.165) is 45.1 Å². The molecule has 0 bridgehead atoms. The van der Waals surface area contributed by atoms with Crippen LogP contribution in [0.1, 0.15) is 28.1 Å². The van der Waals surface area contributed by atoms with Crippen molar-refractivity contribution in [3.05, 3.63) is 59.0 Å². The average molecular weight is 481 g/mol. The summed E-state index contributed by atoms with van der Waals surface area (Å²) in [6.07, 6.45) is 2.36. The van der Waals surface area contributed by atoms with Gasteiger partial charge in [0.25, 0.3) is 5.13 Å². The number of anilines is 4. The number of carbonyl (C=O) groups excluding carboxylic acids is 1. The first-order valence-electron chi connectivity index (χ1n) is 11.7. The first-order valence-corrected chi connectivity index (χ1v) is 12.5. The molecular weight excluding hydrogens is 450 g/mol. The number of hydrogen-bond acceptors (Lipinski definition) is 8. The molecule has 0 unspecified atom stereocenters. The number of nitrogen functional groups attached to an aromatic ring is 1. The number of morpholine rings is 1. The Labute approximate surface area is 203 Å². The van der Waals surface area contributed by atoms with Gasteiger partial charge in [-0.1, -0.05) is 23.5 Å². The minimum atomic E-state index is -0.224. The fourth-order valence-corrected chi connectivity index (χ4v) is 5.59. The van der Waals surface area contributed by atoms with Crippen molar-refractivity contribution in [1.29, 1.82) is 0 Å². The number of hydrogen-bond donors (Lipinski definition) is 3. The van der Waals surface area contributed by atoms with Gasteiger partial charge in [-0.3, -0.25) is 15.0 Å². The number of phenolic OH excluding ortho intramolecular Hbond substituents is 1. The summed E-state index contributed by atoms with van der Waals surface area (Å²) in [6, 6.07) is 15.3. The molecular formula is C25H30N5O3S+. The van der Waals surface area contributed by atoms with E-state index in [4.69, 9.17) is 10.5 Å². The third-order valence-corrected chi connectivity index (χ3v) is 7.55. The van der Waals surface area contributed by atoms with E-state index in [9.17, 15) is 9.90 Å². The van der Waals surface area contributed by atoms with Crippen molar-refractivity contribution in [3.63, 3.8) is 0 Å². The van der Waals surface area contributed by atoms with E-state index in [0.29, 0.717) is 27.4 Å². The predicted molar refractivity (Wildman–Crippen MR) is 134 cm³/mol. The molecule has 2 aliphatic rings. The molecule has 2 saturated heterocycles. The van der Waals surface area contributed by atoms with Crippen LogP contribution in [0.4, 0.5) is 22.3 Å². The van der Waals surface area contributed by atoms with E-state index in [-0.39, 0.29) is 11.5 Å². The second kappa shape index (κ2) is 10.0. The van der Waals surface area contributed by atoms with Crippen LogP contribution in [-0.4, -0.2) is 61.2 Å². The molecule has 3 aromatic rings. The van der Waals surface area contributed by atoms with Gasteiger partial charge in [0, 0.05) is 43.5 Å². The molecule has 2 aliphatic heterocycles. The van der Waals surface area contributed by atoms with Crippen molar-refractivity contribution < 1.29 is 19.6 Å². The lowest BCUT2D eigenvalue weighted by Gasteiger charge is -2.40. The number of piperidine rings is 1. The van der Waals surface area contributed by atoms with Crippen LogP contribution < -0.4 is 20.9 Å². The van der Waals surface area contributed by atoms with Gasteiger partial charge in [-0.2, -0.15) is 0 Å². The van der Waals surface area contributed by atoms with Crippen LogP contribution in [-0.2, 0) is 4.74 Å². The van der Waals surface area contributed by atoms with Crippen LogP contribution in [0.3, 0.4) is 0 Å². The Balaban J connectivity index is 1.20. The van der Waals surface area contributed by atoms with Gasteiger partial charge in [-0.15, -0.1) is 0 Å². The second-order valence-corrected chi connectivity index (χ2v) is 9.74. The maximum atomic E-state index is 12.8. The molecule has 34 heavy (non-hydrogen) atoms. The van der Waals surface area contributed by atoms with Gasteiger partial charge in [-0.25, -0.2) is 4.98 Å². The molecule has 178 valence electrons. The zero-order valence-electron chi connectivity index (χ0n) is 19.0. The predicted octanol–water partition coefficient (Wildman–Crippen LogP) is 3.13. The number of ketones is 1. The number of aromatic amines is 1. The molecule has 5 N–H and O–H groups in total. The number of ether oxygens (including phenoxy) is 1. The average Bonchev–Trinajstić information content (AvgIpc) is 3.24. The monoisotopic (exact) mass is 480 g/mol. The van der Waals surface area contributed by atoms with Gasteiger partial charge in [0.2, 0.25) is 11.6 Å². The summed E-state index contributed by atoms with van der Waals surface area (Å²) in [6.45, 7) is 5.93. The highest BCUT2D eigenvalue weighted by Crippen LogP contribution is 2.29. The minimum absolute atomic E-state index is 0.0497. The van der Waals surface area contributed by atoms with Crippen molar-refractivity contribution in [2.75, 3.05) is 55.3 Å². The van der Waals surface area contributed by atoms with E-state index >= 15 is 0 Å². The molecule has 2 aromatic carbocycles. The number of aromatic hydroxyl groups is 1. The van der Waals surface area contributed by atoms with Crippen molar-refractivity contribution in [2.24, 2.45) is 0 Å². The van der Waals surface area contributed by atoms with E-state index in [2.05, 4.69) is 32.2 Å². The summed E-state index contributed by atoms with van der Waals surface area (Å²) in [5, 5.41) is 13.6. The van der Waals surface area contributed by atoms with Gasteiger partial charge in [0.15, 0.2) is 4.88 Å². The minimum Gasteiger partial charge on any atom is -0.508 e. The van der Waals surface area contributed by atoms with E-state index < -0.39 is 0 Å². The maximum Gasteiger partial charge on any atom is 0.283 e. The SMILES string of the molecule is Nc1[nH+]c(Nc2ccc(N3CCC(N4CCOCC4)CC3)cc2)sc1C(=O)c1cccc(O)c1. The fourth-order valence-electron chi connectivity index (χ4n) is 4.68. The topological polar surface area (TPSA) is 105 Å². The van der Waals surface area contributed by atoms with Crippen LogP contribution in [0, 0.1) is 0 Å². The summed E-state index contributed by atoms with van der Waals surface area (Å²) >= 11 is 1.26. The number of benzene rings is 2. The number of thiazole rings is 1. The van der Waals surface area contributed by atoms with Gasteiger partial charge >= 0.3 is 0 Å². The summed E-state index contributed by atoms with van der Waals surface area (Å²) in [5.74, 6) is 0.132. The summed E-state index contributed by atoms with van der Waals surface area (Å²) < 4.78 is 5.49. The van der Waals surface area contributed by atoms with Crippen molar-refractivity contribution >= 4 is 39.4 Å². The normalized spacial score (nSPS) is 17.6. The Morgan fingerprint density at radius 1 is 1.09 bits per heavy atom. The van der Waals surface area contributed by atoms with Crippen LogP contribution in [0.25, 0.3) is 0 Å². The van der Waals surface area contributed by atoms with Gasteiger partial charge in [0.1, 0.15) is 5.75 Å². The van der Waals surface area contributed by atoms with E-state index in [1.165, 1.54) is 42.0 Å². The number of phenols is 1. The highest BCUT2D eigenvalue weighted by Gasteiger charge is 2.26. The van der Waals surface area contributed by atoms with Crippen molar-refractivity contribution in [3.8, 4) is 5.75 Å². The lowest BCUT2D eigenvalue weighted by atomic mass is 10.0. The Morgan fingerprint density at radius 3 is 2.53 bits per heavy atom. The zero-order valence-corrected chi connectivity index (χ0v) is 19.8. The van der Waals surface area contributed by atoms with Crippen molar-refractivity contribution in [2.45, 2.75) is 18.9 Å². The first-order chi connectivity index (χ1) is 16.6. The lowest BCUT2D eigenvalue weighted by molar-refractivity contribution is -0.336. The third-order valence-electron chi connectivity index (χ3n) is 6.53. The summed E-state index contributed by atoms with van der Waals surface area (Å²) in [5.41, 5.74) is 8.61. The molecule has 0 radical (unpaired) electrons. The molecule has 9 heteroatoms. The van der Waals surface area contributed by atoms with Gasteiger partial charge in [0.05, 0.1) is 18.9 Å². The molecule has 0 aliphatic carbocycles. The van der Waals surface area contributed by atoms with Crippen LogP contribution in [0.2, 0.25) is 0 Å². The molecule has 0 amide bonds. The summed E-state index contributed by atoms with van der Waals surface area (Å²) in [7, 11) is 0. The van der Waals surface area contributed by atoms with Crippen molar-refractivity contribution in [1.82, 2.24) is 4.90 Å². The number of aromatic nitrogens is 1. The molecule has 0 saturated carbocycles. The number of nitrogens with zero attached hydrogens (tertiary/aromatic N) is 2. The number of carbonyl (C=O) groups is 1.